The molecule has 0 amide bonds. The number of hydrogen-bond acceptors (Lipinski definition) is 1. The first-order valence-electron chi connectivity index (χ1n) is 4.03. The molecule has 72 valence electrons. The summed E-state index contributed by atoms with van der Waals surface area (Å²) in [6.07, 6.45) is 0.269. The smallest absolute Gasteiger partial charge is 0.175 e. The molecule has 3 heteroatoms. The largest absolute Gasteiger partial charge is 0.293 e. The van der Waals surface area contributed by atoms with Crippen molar-refractivity contribution in [1.82, 2.24) is 0 Å². The summed E-state index contributed by atoms with van der Waals surface area (Å²) in [5.74, 6) is 5.50. The highest BCUT2D eigenvalue weighted by Gasteiger charge is 2.08. The van der Waals surface area contributed by atoms with Gasteiger partial charge in [0.1, 0.15) is 0 Å². The van der Waals surface area contributed by atoms with E-state index in [4.69, 9.17) is 0 Å². The van der Waals surface area contributed by atoms with Gasteiger partial charge in [-0.25, -0.2) is 0 Å². The van der Waals surface area contributed by atoms with Gasteiger partial charge in [0.15, 0.2) is 5.78 Å². The van der Waals surface area contributed by atoms with Crippen molar-refractivity contribution >= 4 is 37.6 Å². The van der Waals surface area contributed by atoms with Gasteiger partial charge in [-0.1, -0.05) is 37.8 Å². The van der Waals surface area contributed by atoms with Crippen LogP contribution in [0.2, 0.25) is 0 Å². The molecule has 0 fully saturated rings. The Kier molecular flexibility index (Phi) is 4.37. The molecule has 0 spiro atoms. The number of halogens is 2. The third-order valence-corrected chi connectivity index (χ3v) is 2.84. The lowest BCUT2D eigenvalue weighted by molar-refractivity contribution is 0.0997. The van der Waals surface area contributed by atoms with Crippen molar-refractivity contribution in [2.24, 2.45) is 0 Å². The lowest BCUT2D eigenvalue weighted by Gasteiger charge is -2.01. The van der Waals surface area contributed by atoms with Crippen molar-refractivity contribution < 1.29 is 4.79 Å². The van der Waals surface area contributed by atoms with Gasteiger partial charge >= 0.3 is 0 Å². The van der Waals surface area contributed by atoms with Crippen molar-refractivity contribution in [3.8, 4) is 11.8 Å². The van der Waals surface area contributed by atoms with Gasteiger partial charge in [0, 0.05) is 14.5 Å². The van der Waals surface area contributed by atoms with Crippen LogP contribution in [0, 0.1) is 11.8 Å². The van der Waals surface area contributed by atoms with E-state index in [0.29, 0.717) is 5.56 Å². The first-order chi connectivity index (χ1) is 6.65. The van der Waals surface area contributed by atoms with Gasteiger partial charge in [-0.15, -0.1) is 5.92 Å². The molecule has 0 saturated heterocycles. The van der Waals surface area contributed by atoms with Crippen molar-refractivity contribution in [2.45, 2.75) is 13.3 Å². The lowest BCUT2D eigenvalue weighted by Crippen LogP contribution is -1.98. The summed E-state index contributed by atoms with van der Waals surface area (Å²) in [7, 11) is 0. The Hall–Kier alpha value is -0.590. The molecule has 0 aliphatic carbocycles. The van der Waals surface area contributed by atoms with Crippen molar-refractivity contribution in [3.63, 3.8) is 0 Å². The normalized spacial score (nSPS) is 9.07. The highest BCUT2D eigenvalue weighted by atomic mass is 79.9. The zero-order valence-corrected chi connectivity index (χ0v) is 10.8. The fraction of sp³-hybridized carbons (Fsp3) is 0.182. The van der Waals surface area contributed by atoms with E-state index in [2.05, 4.69) is 43.7 Å². The Morgan fingerprint density at radius 1 is 1.43 bits per heavy atom. The summed E-state index contributed by atoms with van der Waals surface area (Å²) >= 11 is 6.66. The zero-order valence-electron chi connectivity index (χ0n) is 7.60. The molecule has 0 aliphatic heterocycles. The number of carbonyl (C=O) groups is 1. The minimum Gasteiger partial charge on any atom is -0.293 e. The number of carbonyl (C=O) groups excluding carboxylic acids is 1. The van der Waals surface area contributed by atoms with Crippen LogP contribution in [0.5, 0.6) is 0 Å². The average molecular weight is 316 g/mol. The van der Waals surface area contributed by atoms with E-state index in [1.807, 2.05) is 12.1 Å². The Labute approximate surface area is 100 Å². The minimum atomic E-state index is 0.0347. The molecule has 0 radical (unpaired) electrons. The number of Topliss-reactive ketones (excluding diaryl/α,β-unsaturated/α-hetero) is 1. The SMILES string of the molecule is CC#CCC(=O)c1cc(Br)ccc1Br. The molecule has 1 aromatic rings. The molecule has 1 rings (SSSR count). The number of hydrogen-bond donors (Lipinski definition) is 0. The highest BCUT2D eigenvalue weighted by Crippen LogP contribution is 2.22. The summed E-state index contributed by atoms with van der Waals surface area (Å²) in [4.78, 5) is 11.6. The third kappa shape index (κ3) is 2.97. The van der Waals surface area contributed by atoms with Gasteiger partial charge in [-0.05, 0) is 25.1 Å². The minimum absolute atomic E-state index is 0.0347. The van der Waals surface area contributed by atoms with E-state index in [-0.39, 0.29) is 12.2 Å². The van der Waals surface area contributed by atoms with E-state index < -0.39 is 0 Å². The van der Waals surface area contributed by atoms with Crippen molar-refractivity contribution in [3.05, 3.63) is 32.7 Å². The van der Waals surface area contributed by atoms with Crippen LogP contribution in [0.3, 0.4) is 0 Å². The molecule has 1 aromatic carbocycles. The van der Waals surface area contributed by atoms with Gasteiger partial charge in [0.05, 0.1) is 6.42 Å². The van der Waals surface area contributed by atoms with E-state index in [1.165, 1.54) is 0 Å². The van der Waals surface area contributed by atoms with Crippen LogP contribution >= 0.6 is 31.9 Å². The molecular formula is C11H8Br2O. The number of rotatable bonds is 2. The first-order valence-corrected chi connectivity index (χ1v) is 5.61. The molecular weight excluding hydrogens is 308 g/mol. The molecule has 0 N–H and O–H groups in total. The maximum atomic E-state index is 11.6. The standard InChI is InChI=1S/C11H8Br2O/c1-2-3-4-11(14)9-7-8(12)5-6-10(9)13/h5-7H,4H2,1H3. The maximum absolute atomic E-state index is 11.6. The highest BCUT2D eigenvalue weighted by molar-refractivity contribution is 9.11. The summed E-state index contributed by atoms with van der Waals surface area (Å²) in [5.41, 5.74) is 0.669. The average Bonchev–Trinajstić information content (AvgIpc) is 2.18. The van der Waals surface area contributed by atoms with Crippen LogP contribution in [0.15, 0.2) is 27.1 Å². The summed E-state index contributed by atoms with van der Waals surface area (Å²) in [5, 5.41) is 0. The summed E-state index contributed by atoms with van der Waals surface area (Å²) in [6.45, 7) is 1.73. The van der Waals surface area contributed by atoms with Crippen LogP contribution in [0.25, 0.3) is 0 Å². The zero-order chi connectivity index (χ0) is 10.6. The molecule has 0 heterocycles. The molecule has 0 atom stereocenters. The van der Waals surface area contributed by atoms with E-state index >= 15 is 0 Å². The van der Waals surface area contributed by atoms with Crippen LogP contribution in [0.4, 0.5) is 0 Å². The summed E-state index contributed by atoms with van der Waals surface area (Å²) < 4.78 is 1.71. The van der Waals surface area contributed by atoms with Gasteiger partial charge in [-0.3, -0.25) is 4.79 Å². The van der Waals surface area contributed by atoms with E-state index in [9.17, 15) is 4.79 Å². The topological polar surface area (TPSA) is 17.1 Å². The molecule has 0 aromatic heterocycles. The van der Waals surface area contributed by atoms with Crippen LogP contribution < -0.4 is 0 Å². The molecule has 0 aliphatic rings. The quantitative estimate of drug-likeness (QED) is 0.599. The fourth-order valence-corrected chi connectivity index (χ4v) is 1.80. The maximum Gasteiger partial charge on any atom is 0.175 e. The second-order valence-electron chi connectivity index (χ2n) is 2.65. The second-order valence-corrected chi connectivity index (χ2v) is 4.42. The Morgan fingerprint density at radius 3 is 2.79 bits per heavy atom. The van der Waals surface area contributed by atoms with Gasteiger partial charge in [0.2, 0.25) is 0 Å². The Morgan fingerprint density at radius 2 is 2.14 bits per heavy atom. The number of benzene rings is 1. The first kappa shape index (κ1) is 11.5. The van der Waals surface area contributed by atoms with Crippen LogP contribution in [0.1, 0.15) is 23.7 Å². The molecule has 0 bridgehead atoms. The second kappa shape index (κ2) is 5.33. The molecule has 0 unspecified atom stereocenters. The lowest BCUT2D eigenvalue weighted by atomic mass is 10.1. The predicted molar refractivity (Wildman–Crippen MR) is 64.2 cm³/mol. The molecule has 14 heavy (non-hydrogen) atoms. The van der Waals surface area contributed by atoms with E-state index in [0.717, 1.165) is 8.95 Å². The van der Waals surface area contributed by atoms with Crippen LogP contribution in [-0.4, -0.2) is 5.78 Å². The third-order valence-electron chi connectivity index (χ3n) is 1.65. The summed E-state index contributed by atoms with van der Waals surface area (Å²) in [6, 6.07) is 5.52. The molecule has 1 nitrogen and oxygen atoms in total. The van der Waals surface area contributed by atoms with E-state index in [1.54, 1.807) is 13.0 Å². The number of ketones is 1. The van der Waals surface area contributed by atoms with Gasteiger partial charge in [-0.2, -0.15) is 0 Å². The van der Waals surface area contributed by atoms with Crippen molar-refractivity contribution in [2.75, 3.05) is 0 Å². The molecule has 0 saturated carbocycles. The van der Waals surface area contributed by atoms with Gasteiger partial charge < -0.3 is 0 Å². The Bertz CT molecular complexity index is 413. The fourth-order valence-electron chi connectivity index (χ4n) is 0.975. The predicted octanol–water partition coefficient (Wildman–Crippen LogP) is 3.81. The monoisotopic (exact) mass is 314 g/mol. The Balaban J connectivity index is 2.98. The van der Waals surface area contributed by atoms with Gasteiger partial charge in [0.25, 0.3) is 0 Å². The van der Waals surface area contributed by atoms with Crippen molar-refractivity contribution in [1.29, 1.82) is 0 Å². The van der Waals surface area contributed by atoms with Crippen LogP contribution in [-0.2, 0) is 0 Å².